The van der Waals surface area contributed by atoms with Crippen LogP contribution in [0, 0.1) is 5.82 Å². The molecular formula is C12H17BFNO2. The average molecular weight is 237 g/mol. The second-order valence-corrected chi connectivity index (χ2v) is 5.37. The van der Waals surface area contributed by atoms with E-state index in [0.717, 1.165) is 5.46 Å². The number of nitrogens with two attached hydrogens (primary N) is 1. The molecule has 0 aliphatic carbocycles. The van der Waals surface area contributed by atoms with Crippen LogP contribution in [0.25, 0.3) is 0 Å². The maximum Gasteiger partial charge on any atom is 0.494 e. The molecule has 1 aromatic rings. The predicted molar refractivity (Wildman–Crippen MR) is 66.5 cm³/mol. The lowest BCUT2D eigenvalue weighted by atomic mass is 9.79. The number of rotatable bonds is 1. The van der Waals surface area contributed by atoms with Gasteiger partial charge >= 0.3 is 7.12 Å². The molecule has 0 bridgehead atoms. The summed E-state index contributed by atoms with van der Waals surface area (Å²) in [5.74, 6) is -0.426. The number of benzene rings is 1. The van der Waals surface area contributed by atoms with Crippen LogP contribution in [-0.4, -0.2) is 18.3 Å². The predicted octanol–water partition coefficient (Wildman–Crippen LogP) is 1.71. The molecular weight excluding hydrogens is 220 g/mol. The Bertz CT molecular complexity index is 432. The number of hydrogen-bond donors (Lipinski definition) is 1. The molecule has 0 spiro atoms. The van der Waals surface area contributed by atoms with Crippen molar-refractivity contribution >= 4 is 18.3 Å². The molecule has 1 saturated heterocycles. The monoisotopic (exact) mass is 237 g/mol. The first-order valence-electron chi connectivity index (χ1n) is 5.63. The molecule has 2 N–H and O–H groups in total. The lowest BCUT2D eigenvalue weighted by Crippen LogP contribution is -2.41. The van der Waals surface area contributed by atoms with E-state index in [0.29, 0.717) is 0 Å². The zero-order chi connectivity index (χ0) is 12.8. The van der Waals surface area contributed by atoms with E-state index in [9.17, 15) is 4.39 Å². The summed E-state index contributed by atoms with van der Waals surface area (Å²) in [6.07, 6.45) is 0. The summed E-state index contributed by atoms with van der Waals surface area (Å²) in [6.45, 7) is 7.89. The van der Waals surface area contributed by atoms with Gasteiger partial charge in [-0.15, -0.1) is 0 Å². The summed E-state index contributed by atoms with van der Waals surface area (Å²) >= 11 is 0. The van der Waals surface area contributed by atoms with E-state index in [-0.39, 0.29) is 5.69 Å². The minimum atomic E-state index is -0.497. The van der Waals surface area contributed by atoms with Gasteiger partial charge in [0.05, 0.1) is 16.9 Å². The van der Waals surface area contributed by atoms with Crippen LogP contribution >= 0.6 is 0 Å². The number of anilines is 1. The molecule has 0 saturated carbocycles. The minimum absolute atomic E-state index is 0.109. The zero-order valence-corrected chi connectivity index (χ0v) is 10.6. The van der Waals surface area contributed by atoms with Crippen molar-refractivity contribution < 1.29 is 13.7 Å². The van der Waals surface area contributed by atoms with E-state index >= 15 is 0 Å². The summed E-state index contributed by atoms with van der Waals surface area (Å²) in [7, 11) is -0.497. The van der Waals surface area contributed by atoms with Crippen LogP contribution in [0.15, 0.2) is 18.2 Å². The van der Waals surface area contributed by atoms with Gasteiger partial charge in [0, 0.05) is 0 Å². The highest BCUT2D eigenvalue weighted by Gasteiger charge is 2.51. The third-order valence-electron chi connectivity index (χ3n) is 3.55. The minimum Gasteiger partial charge on any atom is -0.399 e. The molecule has 0 radical (unpaired) electrons. The van der Waals surface area contributed by atoms with Crippen molar-refractivity contribution in [1.29, 1.82) is 0 Å². The van der Waals surface area contributed by atoms with Crippen molar-refractivity contribution in [2.75, 3.05) is 5.73 Å². The summed E-state index contributed by atoms with van der Waals surface area (Å²) in [4.78, 5) is 0. The summed E-state index contributed by atoms with van der Waals surface area (Å²) in [5.41, 5.74) is 5.58. The largest absolute Gasteiger partial charge is 0.494 e. The maximum absolute atomic E-state index is 13.1. The van der Waals surface area contributed by atoms with Crippen molar-refractivity contribution in [3.63, 3.8) is 0 Å². The zero-order valence-electron chi connectivity index (χ0n) is 10.6. The molecule has 0 amide bonds. The van der Waals surface area contributed by atoms with Gasteiger partial charge in [-0.25, -0.2) is 4.39 Å². The first-order chi connectivity index (χ1) is 7.73. The molecule has 1 aliphatic rings. The lowest BCUT2D eigenvalue weighted by Gasteiger charge is -2.32. The standard InChI is InChI=1S/C12H17BFNO2/c1-11(2)12(3,4)17-13(16-11)8-5-6-9(14)10(15)7-8/h5-7H,15H2,1-4H3. The van der Waals surface area contributed by atoms with E-state index in [1.165, 1.54) is 6.07 Å². The molecule has 1 aromatic carbocycles. The van der Waals surface area contributed by atoms with Gasteiger partial charge in [0.25, 0.3) is 0 Å². The smallest absolute Gasteiger partial charge is 0.399 e. The van der Waals surface area contributed by atoms with Crippen LogP contribution in [0.4, 0.5) is 10.1 Å². The van der Waals surface area contributed by atoms with E-state index < -0.39 is 24.1 Å². The lowest BCUT2D eigenvalue weighted by molar-refractivity contribution is 0.00578. The normalized spacial score (nSPS) is 21.8. The topological polar surface area (TPSA) is 44.5 Å². The van der Waals surface area contributed by atoms with E-state index in [2.05, 4.69) is 0 Å². The first kappa shape index (κ1) is 12.4. The van der Waals surface area contributed by atoms with Crippen molar-refractivity contribution in [3.05, 3.63) is 24.0 Å². The van der Waals surface area contributed by atoms with Crippen LogP contribution in [0.5, 0.6) is 0 Å². The molecule has 1 fully saturated rings. The van der Waals surface area contributed by atoms with Crippen molar-refractivity contribution in [1.82, 2.24) is 0 Å². The highest BCUT2D eigenvalue weighted by atomic mass is 19.1. The van der Waals surface area contributed by atoms with Gasteiger partial charge in [0.2, 0.25) is 0 Å². The van der Waals surface area contributed by atoms with Gasteiger partial charge in [0.15, 0.2) is 0 Å². The van der Waals surface area contributed by atoms with Crippen LogP contribution in [0.3, 0.4) is 0 Å². The Hall–Kier alpha value is -1.07. The van der Waals surface area contributed by atoms with Crippen molar-refractivity contribution in [3.8, 4) is 0 Å². The van der Waals surface area contributed by atoms with Crippen molar-refractivity contribution in [2.45, 2.75) is 38.9 Å². The Labute approximate surface area is 101 Å². The van der Waals surface area contributed by atoms with E-state index in [4.69, 9.17) is 15.0 Å². The Balaban J connectivity index is 2.29. The molecule has 0 atom stereocenters. The van der Waals surface area contributed by atoms with Gasteiger partial charge in [-0.1, -0.05) is 6.07 Å². The van der Waals surface area contributed by atoms with Crippen LogP contribution < -0.4 is 11.2 Å². The fourth-order valence-electron chi connectivity index (χ4n) is 1.69. The Morgan fingerprint density at radius 2 is 1.65 bits per heavy atom. The summed E-state index contributed by atoms with van der Waals surface area (Å²) < 4.78 is 24.8. The molecule has 2 rings (SSSR count). The summed E-state index contributed by atoms with van der Waals surface area (Å²) in [5, 5.41) is 0. The molecule has 17 heavy (non-hydrogen) atoms. The van der Waals surface area contributed by atoms with Gasteiger partial charge < -0.3 is 15.0 Å². The van der Waals surface area contributed by atoms with E-state index in [1.54, 1.807) is 12.1 Å². The average Bonchev–Trinajstić information content (AvgIpc) is 2.41. The SMILES string of the molecule is CC1(C)OB(c2ccc(F)c(N)c2)OC1(C)C. The Morgan fingerprint density at radius 3 is 2.12 bits per heavy atom. The Morgan fingerprint density at radius 1 is 1.12 bits per heavy atom. The third kappa shape index (κ3) is 2.05. The molecule has 5 heteroatoms. The van der Waals surface area contributed by atoms with Crippen molar-refractivity contribution in [2.24, 2.45) is 0 Å². The fourth-order valence-corrected chi connectivity index (χ4v) is 1.69. The Kier molecular flexibility index (Phi) is 2.71. The number of hydrogen-bond acceptors (Lipinski definition) is 3. The second kappa shape index (κ2) is 3.72. The number of halogens is 1. The van der Waals surface area contributed by atoms with Crippen LogP contribution in [0.2, 0.25) is 0 Å². The highest BCUT2D eigenvalue weighted by molar-refractivity contribution is 6.62. The first-order valence-corrected chi connectivity index (χ1v) is 5.63. The second-order valence-electron chi connectivity index (χ2n) is 5.37. The highest BCUT2D eigenvalue weighted by Crippen LogP contribution is 2.36. The van der Waals surface area contributed by atoms with Gasteiger partial charge in [-0.2, -0.15) is 0 Å². The number of nitrogen functional groups attached to an aromatic ring is 1. The quantitative estimate of drug-likeness (QED) is 0.597. The van der Waals surface area contributed by atoms with E-state index in [1.807, 2.05) is 27.7 Å². The maximum atomic E-state index is 13.1. The molecule has 3 nitrogen and oxygen atoms in total. The van der Waals surface area contributed by atoms with Crippen LogP contribution in [0.1, 0.15) is 27.7 Å². The third-order valence-corrected chi connectivity index (χ3v) is 3.55. The molecule has 1 heterocycles. The molecule has 0 aromatic heterocycles. The van der Waals surface area contributed by atoms with Gasteiger partial charge in [-0.3, -0.25) is 0 Å². The summed E-state index contributed by atoms with van der Waals surface area (Å²) in [6, 6.07) is 4.51. The molecule has 1 aliphatic heterocycles. The van der Waals surface area contributed by atoms with Gasteiger partial charge in [0.1, 0.15) is 5.82 Å². The van der Waals surface area contributed by atoms with Gasteiger partial charge in [-0.05, 0) is 45.3 Å². The van der Waals surface area contributed by atoms with Crippen LogP contribution in [-0.2, 0) is 9.31 Å². The molecule has 0 unspecified atom stereocenters. The molecule has 92 valence electrons. The fraction of sp³-hybridized carbons (Fsp3) is 0.500.